The molecule has 0 aliphatic carbocycles. The second-order valence-corrected chi connectivity index (χ2v) is 7.13. The Morgan fingerprint density at radius 2 is 2.30 bits per heavy atom. The molecule has 1 saturated heterocycles. The molecule has 2 rings (SSSR count). The molecule has 1 aliphatic heterocycles. The van der Waals surface area contributed by atoms with Gasteiger partial charge in [0.1, 0.15) is 5.75 Å². The van der Waals surface area contributed by atoms with Crippen molar-refractivity contribution in [2.45, 2.75) is 11.0 Å². The lowest BCUT2D eigenvalue weighted by Gasteiger charge is -2.31. The molecular formula is C12H16BrNO5S. The number of ether oxygens (including phenoxy) is 2. The summed E-state index contributed by atoms with van der Waals surface area (Å²) in [5.74, 6) is 0.569. The Kier molecular flexibility index (Phi) is 5.03. The van der Waals surface area contributed by atoms with Gasteiger partial charge in [-0.3, -0.25) is 0 Å². The number of aliphatic hydroxyl groups excluding tert-OH is 1. The highest BCUT2D eigenvalue weighted by molar-refractivity contribution is 9.10. The van der Waals surface area contributed by atoms with Crippen LogP contribution in [0.4, 0.5) is 0 Å². The van der Waals surface area contributed by atoms with Gasteiger partial charge in [-0.1, -0.05) is 0 Å². The van der Waals surface area contributed by atoms with Crippen LogP contribution in [0.25, 0.3) is 0 Å². The zero-order chi connectivity index (χ0) is 14.8. The first-order valence-electron chi connectivity index (χ1n) is 6.05. The summed E-state index contributed by atoms with van der Waals surface area (Å²) in [6.07, 6.45) is -0.472. The van der Waals surface area contributed by atoms with Gasteiger partial charge in [0, 0.05) is 13.1 Å². The van der Waals surface area contributed by atoms with Gasteiger partial charge in [0.15, 0.2) is 0 Å². The molecule has 0 saturated carbocycles. The number of methoxy groups -OCH3 is 1. The van der Waals surface area contributed by atoms with Crippen LogP contribution in [-0.2, 0) is 14.8 Å². The zero-order valence-corrected chi connectivity index (χ0v) is 13.4. The van der Waals surface area contributed by atoms with Gasteiger partial charge in [-0.2, -0.15) is 4.31 Å². The molecule has 1 atom stereocenters. The van der Waals surface area contributed by atoms with Gasteiger partial charge in [0.2, 0.25) is 10.0 Å². The molecule has 1 N–H and O–H groups in total. The number of benzene rings is 1. The summed E-state index contributed by atoms with van der Waals surface area (Å²) < 4.78 is 37.3. The van der Waals surface area contributed by atoms with E-state index in [1.807, 2.05) is 0 Å². The first-order valence-corrected chi connectivity index (χ1v) is 8.28. The van der Waals surface area contributed by atoms with E-state index in [1.165, 1.54) is 23.5 Å². The molecule has 112 valence electrons. The van der Waals surface area contributed by atoms with Crippen molar-refractivity contribution < 1.29 is 23.0 Å². The molecule has 0 spiro atoms. The molecule has 1 aliphatic rings. The Hall–Kier alpha value is -0.670. The highest BCUT2D eigenvalue weighted by atomic mass is 79.9. The lowest BCUT2D eigenvalue weighted by molar-refractivity contribution is -0.0304. The summed E-state index contributed by atoms with van der Waals surface area (Å²) in [6, 6.07) is 4.61. The van der Waals surface area contributed by atoms with E-state index in [-0.39, 0.29) is 31.2 Å². The van der Waals surface area contributed by atoms with Crippen molar-refractivity contribution in [2.75, 3.05) is 33.4 Å². The van der Waals surface area contributed by atoms with Crippen LogP contribution in [0.1, 0.15) is 0 Å². The minimum absolute atomic E-state index is 0.155. The summed E-state index contributed by atoms with van der Waals surface area (Å²) in [4.78, 5) is 0.184. The van der Waals surface area contributed by atoms with Crippen LogP contribution in [0.3, 0.4) is 0 Å². The number of rotatable bonds is 4. The maximum atomic E-state index is 12.5. The summed E-state index contributed by atoms with van der Waals surface area (Å²) in [7, 11) is -2.08. The van der Waals surface area contributed by atoms with Crippen LogP contribution in [0, 0.1) is 0 Å². The SMILES string of the molecule is COc1ccc(S(=O)(=O)N2CCOC(CO)C2)cc1Br. The average Bonchev–Trinajstić information content (AvgIpc) is 2.47. The van der Waals surface area contributed by atoms with Crippen molar-refractivity contribution in [1.29, 1.82) is 0 Å². The Morgan fingerprint density at radius 3 is 2.90 bits per heavy atom. The third kappa shape index (κ3) is 3.15. The third-order valence-corrected chi connectivity index (χ3v) is 5.55. The van der Waals surface area contributed by atoms with Crippen LogP contribution in [0.5, 0.6) is 5.75 Å². The van der Waals surface area contributed by atoms with Crippen LogP contribution >= 0.6 is 15.9 Å². The Bertz CT molecular complexity index is 577. The second-order valence-electron chi connectivity index (χ2n) is 4.33. The van der Waals surface area contributed by atoms with Gasteiger partial charge in [-0.05, 0) is 34.1 Å². The monoisotopic (exact) mass is 365 g/mol. The van der Waals surface area contributed by atoms with Gasteiger partial charge in [-0.15, -0.1) is 0 Å². The molecule has 1 unspecified atom stereocenters. The van der Waals surface area contributed by atoms with Crippen molar-refractivity contribution in [3.8, 4) is 5.75 Å². The van der Waals surface area contributed by atoms with E-state index < -0.39 is 16.1 Å². The van der Waals surface area contributed by atoms with Crippen LogP contribution < -0.4 is 4.74 Å². The predicted octanol–water partition coefficient (Wildman–Crippen LogP) is 0.839. The van der Waals surface area contributed by atoms with E-state index in [0.717, 1.165) is 0 Å². The van der Waals surface area contributed by atoms with E-state index >= 15 is 0 Å². The van der Waals surface area contributed by atoms with Crippen molar-refractivity contribution in [3.05, 3.63) is 22.7 Å². The van der Waals surface area contributed by atoms with E-state index in [1.54, 1.807) is 6.07 Å². The molecule has 1 aromatic rings. The van der Waals surface area contributed by atoms with Gasteiger partial charge in [0.05, 0.1) is 35.8 Å². The second kappa shape index (κ2) is 6.40. The number of nitrogens with zero attached hydrogens (tertiary/aromatic N) is 1. The third-order valence-electron chi connectivity index (χ3n) is 3.07. The maximum Gasteiger partial charge on any atom is 0.243 e. The van der Waals surface area contributed by atoms with Crippen molar-refractivity contribution in [3.63, 3.8) is 0 Å². The fourth-order valence-electron chi connectivity index (χ4n) is 1.98. The van der Waals surface area contributed by atoms with E-state index in [4.69, 9.17) is 14.6 Å². The molecule has 1 fully saturated rings. The standard InChI is InChI=1S/C12H16BrNO5S/c1-18-12-3-2-10(6-11(12)13)20(16,17)14-4-5-19-9(7-14)8-15/h2-3,6,9,15H,4-5,7-8H2,1H3. The van der Waals surface area contributed by atoms with Crippen LogP contribution in [0.15, 0.2) is 27.6 Å². The van der Waals surface area contributed by atoms with Gasteiger partial charge in [-0.25, -0.2) is 8.42 Å². The predicted molar refractivity (Wildman–Crippen MR) is 76.3 cm³/mol. The topological polar surface area (TPSA) is 76.1 Å². The molecule has 1 heterocycles. The average molecular weight is 366 g/mol. The number of halogens is 1. The van der Waals surface area contributed by atoms with Crippen molar-refractivity contribution in [2.24, 2.45) is 0 Å². The molecule has 6 nitrogen and oxygen atoms in total. The molecule has 8 heteroatoms. The first kappa shape index (κ1) is 15.7. The number of aliphatic hydroxyl groups is 1. The smallest absolute Gasteiger partial charge is 0.243 e. The summed E-state index contributed by atoms with van der Waals surface area (Å²) in [5.41, 5.74) is 0. The molecular weight excluding hydrogens is 350 g/mol. The highest BCUT2D eigenvalue weighted by Gasteiger charge is 2.30. The number of morpholine rings is 1. The highest BCUT2D eigenvalue weighted by Crippen LogP contribution is 2.29. The quantitative estimate of drug-likeness (QED) is 0.855. The summed E-state index contributed by atoms with van der Waals surface area (Å²) >= 11 is 3.28. The molecule has 0 amide bonds. The largest absolute Gasteiger partial charge is 0.496 e. The van der Waals surface area contributed by atoms with Gasteiger partial charge >= 0.3 is 0 Å². The van der Waals surface area contributed by atoms with Crippen LogP contribution in [-0.4, -0.2) is 57.3 Å². The number of hydrogen-bond acceptors (Lipinski definition) is 5. The van der Waals surface area contributed by atoms with Gasteiger partial charge < -0.3 is 14.6 Å². The minimum atomic E-state index is -3.60. The first-order chi connectivity index (χ1) is 9.48. The van der Waals surface area contributed by atoms with E-state index in [0.29, 0.717) is 10.2 Å². The van der Waals surface area contributed by atoms with Gasteiger partial charge in [0.25, 0.3) is 0 Å². The molecule has 0 aromatic heterocycles. The van der Waals surface area contributed by atoms with Crippen LogP contribution in [0.2, 0.25) is 0 Å². The van der Waals surface area contributed by atoms with Crippen molar-refractivity contribution >= 4 is 26.0 Å². The van der Waals surface area contributed by atoms with E-state index in [9.17, 15) is 8.42 Å². The van der Waals surface area contributed by atoms with E-state index in [2.05, 4.69) is 15.9 Å². The Morgan fingerprint density at radius 1 is 1.55 bits per heavy atom. The fourth-order valence-corrected chi connectivity index (χ4v) is 4.15. The number of sulfonamides is 1. The lowest BCUT2D eigenvalue weighted by atomic mass is 10.3. The molecule has 0 radical (unpaired) electrons. The molecule has 20 heavy (non-hydrogen) atoms. The summed E-state index contributed by atoms with van der Waals surface area (Å²) in [5, 5.41) is 9.09. The minimum Gasteiger partial charge on any atom is -0.496 e. The Balaban J connectivity index is 2.28. The maximum absolute atomic E-state index is 12.5. The zero-order valence-electron chi connectivity index (χ0n) is 11.0. The molecule has 0 bridgehead atoms. The summed E-state index contributed by atoms with van der Waals surface area (Å²) in [6.45, 7) is 0.519. The lowest BCUT2D eigenvalue weighted by Crippen LogP contribution is -2.46. The Labute approximate surface area is 126 Å². The normalized spacial score (nSPS) is 20.9. The fraction of sp³-hybridized carbons (Fsp3) is 0.500. The van der Waals surface area contributed by atoms with Crippen molar-refractivity contribution in [1.82, 2.24) is 4.31 Å². The molecule has 1 aromatic carbocycles. The number of hydrogen-bond donors (Lipinski definition) is 1.